The van der Waals surface area contributed by atoms with Crippen LogP contribution in [-0.4, -0.2) is 16.7 Å². The summed E-state index contributed by atoms with van der Waals surface area (Å²) in [5.41, 5.74) is 2.01. The molecule has 4 heteroatoms. The van der Waals surface area contributed by atoms with Gasteiger partial charge in [0, 0.05) is 6.20 Å². The second-order valence-electron chi connectivity index (χ2n) is 5.86. The molecule has 0 spiro atoms. The lowest BCUT2D eigenvalue weighted by molar-refractivity contribution is 0.0599. The van der Waals surface area contributed by atoms with Gasteiger partial charge in [-0.3, -0.25) is 4.98 Å². The zero-order chi connectivity index (χ0) is 15.5. The zero-order valence-electron chi connectivity index (χ0n) is 12.8. The summed E-state index contributed by atoms with van der Waals surface area (Å²) in [5, 5.41) is 0. The Morgan fingerprint density at radius 2 is 1.76 bits per heavy atom. The van der Waals surface area contributed by atoms with Crippen LogP contribution in [0.2, 0.25) is 0 Å². The predicted molar refractivity (Wildman–Crippen MR) is 83.8 cm³/mol. The number of carbonyl (C=O) groups is 1. The van der Waals surface area contributed by atoms with Crippen LogP contribution in [0.1, 0.15) is 26.3 Å². The minimum atomic E-state index is -0.553. The first kappa shape index (κ1) is 15.0. The van der Waals surface area contributed by atoms with Crippen molar-refractivity contribution in [1.82, 2.24) is 4.98 Å². The lowest BCUT2D eigenvalue weighted by atomic mass is 10.2. The highest BCUT2D eigenvalue weighted by Crippen LogP contribution is 2.27. The number of anilines is 2. The van der Waals surface area contributed by atoms with Gasteiger partial charge >= 0.3 is 6.09 Å². The van der Waals surface area contributed by atoms with Gasteiger partial charge in [0.25, 0.3) is 0 Å². The van der Waals surface area contributed by atoms with E-state index in [0.717, 1.165) is 11.3 Å². The van der Waals surface area contributed by atoms with Gasteiger partial charge in [0.05, 0.1) is 17.6 Å². The van der Waals surface area contributed by atoms with Crippen molar-refractivity contribution in [2.45, 2.75) is 33.3 Å². The fraction of sp³-hybridized carbons (Fsp3) is 0.294. The quantitative estimate of drug-likeness (QED) is 0.817. The number of aryl methyl sites for hydroxylation is 1. The van der Waals surface area contributed by atoms with Gasteiger partial charge < -0.3 is 4.74 Å². The summed E-state index contributed by atoms with van der Waals surface area (Å²) in [6, 6.07) is 11.3. The molecular weight excluding hydrogens is 264 g/mol. The Labute approximate surface area is 125 Å². The molecule has 1 aromatic heterocycles. The summed E-state index contributed by atoms with van der Waals surface area (Å²) in [7, 11) is 0. The fourth-order valence-corrected chi connectivity index (χ4v) is 1.85. The van der Waals surface area contributed by atoms with Gasteiger partial charge in [0.1, 0.15) is 5.60 Å². The lowest BCUT2D eigenvalue weighted by Gasteiger charge is -2.27. The molecule has 0 N–H and O–H groups in total. The van der Waals surface area contributed by atoms with Crippen molar-refractivity contribution < 1.29 is 9.53 Å². The molecule has 0 saturated heterocycles. The third kappa shape index (κ3) is 4.05. The van der Waals surface area contributed by atoms with E-state index in [2.05, 4.69) is 4.98 Å². The number of carbonyl (C=O) groups excluding carboxylic acids is 1. The first-order valence-electron chi connectivity index (χ1n) is 6.86. The zero-order valence-corrected chi connectivity index (χ0v) is 12.8. The molecule has 0 radical (unpaired) electrons. The number of amides is 1. The third-order valence-corrected chi connectivity index (χ3v) is 2.77. The molecular formula is C17H20N2O2. The minimum absolute atomic E-state index is 0.417. The normalized spacial score (nSPS) is 11.0. The van der Waals surface area contributed by atoms with Crippen molar-refractivity contribution in [2.24, 2.45) is 0 Å². The second-order valence-corrected chi connectivity index (χ2v) is 5.86. The van der Waals surface area contributed by atoms with Crippen LogP contribution >= 0.6 is 0 Å². The van der Waals surface area contributed by atoms with Crippen LogP contribution in [0.3, 0.4) is 0 Å². The van der Waals surface area contributed by atoms with Crippen LogP contribution in [-0.2, 0) is 4.74 Å². The van der Waals surface area contributed by atoms with E-state index >= 15 is 0 Å². The van der Waals surface area contributed by atoms with Crippen LogP contribution in [0.15, 0.2) is 48.8 Å². The molecule has 1 amide bonds. The third-order valence-electron chi connectivity index (χ3n) is 2.77. The van der Waals surface area contributed by atoms with Crippen molar-refractivity contribution in [3.63, 3.8) is 0 Å². The van der Waals surface area contributed by atoms with Crippen molar-refractivity contribution in [3.05, 3.63) is 54.4 Å². The van der Waals surface area contributed by atoms with Crippen LogP contribution in [0, 0.1) is 6.92 Å². The molecule has 0 aliphatic carbocycles. The van der Waals surface area contributed by atoms with Crippen molar-refractivity contribution in [3.8, 4) is 0 Å². The molecule has 0 aliphatic heterocycles. The first-order valence-corrected chi connectivity index (χ1v) is 6.86. The van der Waals surface area contributed by atoms with E-state index in [4.69, 9.17) is 4.74 Å². The van der Waals surface area contributed by atoms with Gasteiger partial charge in [0.2, 0.25) is 0 Å². The smallest absolute Gasteiger partial charge is 0.419 e. The highest BCUT2D eigenvalue weighted by molar-refractivity contribution is 5.95. The van der Waals surface area contributed by atoms with Crippen LogP contribution < -0.4 is 4.90 Å². The molecule has 1 heterocycles. The molecule has 0 unspecified atom stereocenters. The number of pyridine rings is 1. The number of nitrogens with zero attached hydrogens (tertiary/aromatic N) is 2. The summed E-state index contributed by atoms with van der Waals surface area (Å²) in [5.74, 6) is 0. The van der Waals surface area contributed by atoms with E-state index in [9.17, 15) is 4.79 Å². The van der Waals surface area contributed by atoms with Gasteiger partial charge in [0.15, 0.2) is 0 Å². The van der Waals surface area contributed by atoms with Gasteiger partial charge in [-0.15, -0.1) is 0 Å². The Bertz CT molecular complexity index is 601. The van der Waals surface area contributed by atoms with Gasteiger partial charge in [-0.25, -0.2) is 9.69 Å². The number of hydrogen-bond acceptors (Lipinski definition) is 3. The number of aromatic nitrogens is 1. The summed E-state index contributed by atoms with van der Waals surface area (Å²) in [6.45, 7) is 7.55. The molecule has 4 nitrogen and oxygen atoms in total. The largest absolute Gasteiger partial charge is 0.443 e. The molecule has 2 rings (SSSR count). The monoisotopic (exact) mass is 284 g/mol. The van der Waals surface area contributed by atoms with Crippen LogP contribution in [0.4, 0.5) is 16.2 Å². The maximum absolute atomic E-state index is 12.5. The van der Waals surface area contributed by atoms with E-state index in [1.165, 1.54) is 4.90 Å². The van der Waals surface area contributed by atoms with Gasteiger partial charge in [-0.05, 0) is 52.0 Å². The van der Waals surface area contributed by atoms with E-state index in [1.807, 2.05) is 58.0 Å². The highest BCUT2D eigenvalue weighted by atomic mass is 16.6. The first-order chi connectivity index (χ1) is 9.87. The lowest BCUT2D eigenvalue weighted by Crippen LogP contribution is -2.33. The standard InChI is InChI=1S/C17H20N2O2/c1-13-7-9-14(10-8-13)19(15-6-5-11-18-12-15)16(20)21-17(2,3)4/h5-12H,1-4H3. The van der Waals surface area contributed by atoms with Gasteiger partial charge in [-0.1, -0.05) is 17.7 Å². The summed E-state index contributed by atoms with van der Waals surface area (Å²) < 4.78 is 5.50. The topological polar surface area (TPSA) is 42.4 Å². The minimum Gasteiger partial charge on any atom is -0.443 e. The highest BCUT2D eigenvalue weighted by Gasteiger charge is 2.24. The van der Waals surface area contributed by atoms with E-state index in [0.29, 0.717) is 5.69 Å². The molecule has 0 saturated carbocycles. The van der Waals surface area contributed by atoms with E-state index in [1.54, 1.807) is 18.5 Å². The predicted octanol–water partition coefficient (Wildman–Crippen LogP) is 4.46. The maximum atomic E-state index is 12.5. The number of rotatable bonds is 2. The van der Waals surface area contributed by atoms with Crippen LogP contribution in [0.5, 0.6) is 0 Å². The van der Waals surface area contributed by atoms with Crippen LogP contribution in [0.25, 0.3) is 0 Å². The Morgan fingerprint density at radius 3 is 2.29 bits per heavy atom. The molecule has 0 fully saturated rings. The van der Waals surface area contributed by atoms with Crippen molar-refractivity contribution in [1.29, 1.82) is 0 Å². The molecule has 0 aliphatic rings. The Kier molecular flexibility index (Phi) is 4.26. The number of ether oxygens (including phenoxy) is 1. The summed E-state index contributed by atoms with van der Waals surface area (Å²) >= 11 is 0. The number of benzene rings is 1. The van der Waals surface area contributed by atoms with E-state index in [-0.39, 0.29) is 0 Å². The summed E-state index contributed by atoms with van der Waals surface area (Å²) in [4.78, 5) is 18.1. The second kappa shape index (κ2) is 5.95. The van der Waals surface area contributed by atoms with Crippen molar-refractivity contribution in [2.75, 3.05) is 4.90 Å². The molecule has 1 aromatic carbocycles. The molecule has 2 aromatic rings. The Hall–Kier alpha value is -2.36. The van der Waals surface area contributed by atoms with Crippen molar-refractivity contribution >= 4 is 17.5 Å². The number of hydrogen-bond donors (Lipinski definition) is 0. The fourth-order valence-electron chi connectivity index (χ4n) is 1.85. The Balaban J connectivity index is 2.40. The van der Waals surface area contributed by atoms with Gasteiger partial charge in [-0.2, -0.15) is 0 Å². The Morgan fingerprint density at radius 1 is 1.10 bits per heavy atom. The summed E-state index contributed by atoms with van der Waals surface area (Å²) in [6.07, 6.45) is 2.90. The molecule has 21 heavy (non-hydrogen) atoms. The average Bonchev–Trinajstić information content (AvgIpc) is 2.40. The molecule has 0 bridgehead atoms. The average molecular weight is 284 g/mol. The molecule has 0 atom stereocenters. The van der Waals surface area contributed by atoms with E-state index < -0.39 is 11.7 Å². The maximum Gasteiger partial charge on any atom is 0.419 e. The molecule has 110 valence electrons. The SMILES string of the molecule is Cc1ccc(N(C(=O)OC(C)(C)C)c2cccnc2)cc1.